The second-order valence-corrected chi connectivity index (χ2v) is 4.65. The minimum Gasteiger partial charge on any atom is -0.504 e. The molecule has 3 rings (SSSR count). The summed E-state index contributed by atoms with van der Waals surface area (Å²) in [6.45, 7) is 0. The van der Waals surface area contributed by atoms with Gasteiger partial charge in [0.2, 0.25) is 5.82 Å². The lowest BCUT2D eigenvalue weighted by atomic mass is 10.1. The quantitative estimate of drug-likeness (QED) is 0.425. The topological polar surface area (TPSA) is 105 Å². The number of carbonyl (C=O) groups is 1. The maximum Gasteiger partial charge on any atom is 0.289 e. The zero-order valence-corrected chi connectivity index (χ0v) is 11.7. The van der Waals surface area contributed by atoms with E-state index in [1.165, 1.54) is 12.4 Å². The Balaban J connectivity index is 1.80. The first-order valence-corrected chi connectivity index (χ1v) is 6.61. The molecule has 8 heteroatoms. The van der Waals surface area contributed by atoms with Gasteiger partial charge in [0.1, 0.15) is 12.1 Å². The average Bonchev–Trinajstić information content (AvgIpc) is 3.18. The molecule has 0 saturated carbocycles. The molecule has 0 atom stereocenters. The second-order valence-electron chi connectivity index (χ2n) is 4.65. The van der Waals surface area contributed by atoms with Crippen molar-refractivity contribution < 1.29 is 18.7 Å². The van der Waals surface area contributed by atoms with Gasteiger partial charge in [-0.2, -0.15) is 9.49 Å². The van der Waals surface area contributed by atoms with E-state index in [0.29, 0.717) is 12.2 Å². The van der Waals surface area contributed by atoms with Crippen molar-refractivity contribution in [1.29, 1.82) is 0 Å². The van der Waals surface area contributed by atoms with Gasteiger partial charge in [0.15, 0.2) is 11.5 Å². The van der Waals surface area contributed by atoms with E-state index < -0.39 is 17.6 Å². The molecular weight excluding hydrogens is 303 g/mol. The highest BCUT2D eigenvalue weighted by Gasteiger charge is 2.18. The van der Waals surface area contributed by atoms with Gasteiger partial charge < -0.3 is 9.52 Å². The van der Waals surface area contributed by atoms with Crippen LogP contribution in [0.25, 0.3) is 5.76 Å². The number of halogens is 1. The Morgan fingerprint density at radius 2 is 2.17 bits per heavy atom. The summed E-state index contributed by atoms with van der Waals surface area (Å²) in [4.78, 5) is 19.6. The summed E-state index contributed by atoms with van der Waals surface area (Å²) in [5, 5.41) is 15.7. The first-order chi connectivity index (χ1) is 11.1. The van der Waals surface area contributed by atoms with E-state index in [2.05, 4.69) is 20.2 Å². The first kappa shape index (κ1) is 14.6. The molecule has 7 nitrogen and oxygen atoms in total. The van der Waals surface area contributed by atoms with E-state index >= 15 is 0 Å². The Kier molecular flexibility index (Phi) is 3.96. The molecule has 3 aromatic heterocycles. The van der Waals surface area contributed by atoms with Gasteiger partial charge in [-0.1, -0.05) is 0 Å². The fourth-order valence-corrected chi connectivity index (χ4v) is 1.97. The molecule has 0 aliphatic rings. The molecule has 0 radical (unpaired) electrons. The standard InChI is InChI=1S/C15H11FN4O3/c16-14-11(12(21)7-13(22)15-18-8-19-20-15)6-10(23-14)5-9-1-3-17-4-2-9/h1-4,6-8,22H,5H2,(H,18,19,20). The van der Waals surface area contributed by atoms with Crippen molar-refractivity contribution in [3.8, 4) is 0 Å². The normalized spacial score (nSPS) is 11.6. The molecule has 0 amide bonds. The number of H-pyrrole nitrogens is 1. The summed E-state index contributed by atoms with van der Waals surface area (Å²) in [6.07, 6.45) is 5.63. The summed E-state index contributed by atoms with van der Waals surface area (Å²) in [7, 11) is 0. The van der Waals surface area contributed by atoms with Crippen molar-refractivity contribution in [2.75, 3.05) is 0 Å². The molecule has 2 N–H and O–H groups in total. The smallest absolute Gasteiger partial charge is 0.289 e. The van der Waals surface area contributed by atoms with E-state index in [4.69, 9.17) is 4.42 Å². The number of aliphatic hydroxyl groups is 1. The number of aromatic nitrogens is 4. The fourth-order valence-electron chi connectivity index (χ4n) is 1.97. The monoisotopic (exact) mass is 314 g/mol. The van der Waals surface area contributed by atoms with Crippen molar-refractivity contribution in [1.82, 2.24) is 20.2 Å². The summed E-state index contributed by atoms with van der Waals surface area (Å²) < 4.78 is 18.8. The number of rotatable bonds is 5. The lowest BCUT2D eigenvalue weighted by Crippen LogP contribution is -1.98. The Morgan fingerprint density at radius 3 is 2.87 bits per heavy atom. The van der Waals surface area contributed by atoms with Crippen LogP contribution in [0.2, 0.25) is 0 Å². The third kappa shape index (κ3) is 3.31. The van der Waals surface area contributed by atoms with Gasteiger partial charge in [0, 0.05) is 24.9 Å². The van der Waals surface area contributed by atoms with Gasteiger partial charge in [-0.15, -0.1) is 0 Å². The van der Waals surface area contributed by atoms with Crippen LogP contribution in [0.5, 0.6) is 0 Å². The lowest BCUT2D eigenvalue weighted by Gasteiger charge is -1.95. The number of allylic oxidation sites excluding steroid dienone is 1. The highest BCUT2D eigenvalue weighted by molar-refractivity contribution is 6.07. The van der Waals surface area contributed by atoms with Crippen LogP contribution in [0.4, 0.5) is 4.39 Å². The van der Waals surface area contributed by atoms with Crippen molar-refractivity contribution in [3.63, 3.8) is 0 Å². The van der Waals surface area contributed by atoms with E-state index in [1.54, 1.807) is 24.5 Å². The van der Waals surface area contributed by atoms with E-state index in [1.807, 2.05) is 0 Å². The average molecular weight is 314 g/mol. The molecule has 23 heavy (non-hydrogen) atoms. The third-order valence-corrected chi connectivity index (χ3v) is 3.04. The summed E-state index contributed by atoms with van der Waals surface area (Å²) in [5.74, 6) is -0.968. The van der Waals surface area contributed by atoms with Crippen LogP contribution >= 0.6 is 0 Å². The third-order valence-electron chi connectivity index (χ3n) is 3.04. The number of furan rings is 1. The van der Waals surface area contributed by atoms with Crippen molar-refractivity contribution >= 4 is 11.5 Å². The minimum atomic E-state index is -1.00. The van der Waals surface area contributed by atoms with Gasteiger partial charge in [-0.05, 0) is 23.8 Å². The van der Waals surface area contributed by atoms with Crippen LogP contribution in [0.3, 0.4) is 0 Å². The number of carbonyl (C=O) groups excluding carboxylic acids is 1. The molecule has 0 unspecified atom stereocenters. The van der Waals surface area contributed by atoms with Crippen LogP contribution in [-0.2, 0) is 6.42 Å². The molecule has 0 bridgehead atoms. The largest absolute Gasteiger partial charge is 0.504 e. The highest BCUT2D eigenvalue weighted by Crippen LogP contribution is 2.19. The van der Waals surface area contributed by atoms with Gasteiger partial charge in [0.25, 0.3) is 6.01 Å². The SMILES string of the molecule is O=C(C=C(O)c1nc[nH]n1)c1cc(Cc2ccncc2)oc1F. The number of hydrogen-bond donors (Lipinski definition) is 2. The van der Waals surface area contributed by atoms with E-state index in [0.717, 1.165) is 11.6 Å². The number of hydrogen-bond acceptors (Lipinski definition) is 6. The Morgan fingerprint density at radius 1 is 1.39 bits per heavy atom. The number of nitrogens with one attached hydrogen (secondary N) is 1. The zero-order chi connectivity index (χ0) is 16.2. The maximum absolute atomic E-state index is 13.8. The molecule has 0 spiro atoms. The van der Waals surface area contributed by atoms with Crippen molar-refractivity contribution in [2.24, 2.45) is 0 Å². The van der Waals surface area contributed by atoms with Crippen LogP contribution in [-0.4, -0.2) is 31.1 Å². The number of aliphatic hydroxyl groups excluding tert-OH is 1. The van der Waals surface area contributed by atoms with Crippen molar-refractivity contribution in [3.05, 3.63) is 71.7 Å². The van der Waals surface area contributed by atoms with Crippen LogP contribution in [0, 0.1) is 6.01 Å². The second kappa shape index (κ2) is 6.22. The van der Waals surface area contributed by atoms with Gasteiger partial charge in [-0.25, -0.2) is 4.98 Å². The van der Waals surface area contributed by atoms with E-state index in [9.17, 15) is 14.3 Å². The zero-order valence-electron chi connectivity index (χ0n) is 11.7. The molecular formula is C15H11FN4O3. The predicted molar refractivity (Wildman–Crippen MR) is 77.0 cm³/mol. The molecule has 0 aliphatic carbocycles. The molecule has 3 heterocycles. The van der Waals surface area contributed by atoms with E-state index in [-0.39, 0.29) is 11.4 Å². The predicted octanol–water partition coefficient (Wildman–Crippen LogP) is 2.30. The molecule has 3 aromatic rings. The number of ketones is 1. The summed E-state index contributed by atoms with van der Waals surface area (Å²) in [6, 6.07) is 3.83. The molecule has 0 aromatic carbocycles. The fraction of sp³-hybridized carbons (Fsp3) is 0.0667. The summed E-state index contributed by atoms with van der Waals surface area (Å²) >= 11 is 0. The lowest BCUT2D eigenvalue weighted by molar-refractivity contribution is 0.103. The maximum atomic E-state index is 13.8. The van der Waals surface area contributed by atoms with Crippen LogP contribution < -0.4 is 0 Å². The molecule has 0 fully saturated rings. The van der Waals surface area contributed by atoms with Gasteiger partial charge >= 0.3 is 0 Å². The Bertz CT molecular complexity index is 841. The van der Waals surface area contributed by atoms with Gasteiger partial charge in [0.05, 0.1) is 5.56 Å². The Hall–Kier alpha value is -3.29. The first-order valence-electron chi connectivity index (χ1n) is 6.61. The Labute approximate surface area is 129 Å². The summed E-state index contributed by atoms with van der Waals surface area (Å²) in [5.41, 5.74) is 0.600. The van der Waals surface area contributed by atoms with Crippen molar-refractivity contribution in [2.45, 2.75) is 6.42 Å². The van der Waals surface area contributed by atoms with Gasteiger partial charge in [-0.3, -0.25) is 14.9 Å². The number of pyridine rings is 1. The highest BCUT2D eigenvalue weighted by atomic mass is 19.1. The molecule has 116 valence electrons. The minimum absolute atomic E-state index is 0.0562. The molecule has 0 saturated heterocycles. The van der Waals surface area contributed by atoms with Crippen LogP contribution in [0.1, 0.15) is 27.5 Å². The number of nitrogens with zero attached hydrogens (tertiary/aromatic N) is 3. The van der Waals surface area contributed by atoms with Crippen LogP contribution in [0.15, 0.2) is 47.4 Å². The number of aromatic amines is 1. The molecule has 0 aliphatic heterocycles.